The van der Waals surface area contributed by atoms with Gasteiger partial charge in [-0.15, -0.1) is 5.06 Å². The molecule has 2 aromatic rings. The molecule has 2 atom stereocenters. The van der Waals surface area contributed by atoms with Gasteiger partial charge in [-0.3, -0.25) is 14.4 Å². The number of hydrogen-bond donors (Lipinski definition) is 2. The number of nitrogens with two attached hydrogens (primary N) is 1. The summed E-state index contributed by atoms with van der Waals surface area (Å²) in [5.74, 6) is -2.60. The van der Waals surface area contributed by atoms with Crippen LogP contribution in [0, 0.1) is 0 Å². The van der Waals surface area contributed by atoms with Crippen LogP contribution in [0.5, 0.6) is 0 Å². The van der Waals surface area contributed by atoms with E-state index in [1.807, 2.05) is 36.4 Å². The smallest absolute Gasteiger partial charge is 0.341 e. The van der Waals surface area contributed by atoms with Gasteiger partial charge in [-0.05, 0) is 17.5 Å². The highest BCUT2D eigenvalue weighted by Gasteiger charge is 2.35. The molecule has 0 spiro atoms. The molecule has 3 amide bonds. The minimum Gasteiger partial charge on any atom is -0.341 e. The average molecular weight is 409 g/mol. The molecule has 1 heterocycles. The van der Waals surface area contributed by atoms with E-state index in [-0.39, 0.29) is 19.3 Å². The second kappa shape index (κ2) is 9.80. The van der Waals surface area contributed by atoms with E-state index in [0.717, 1.165) is 11.1 Å². The molecule has 156 valence electrons. The topological polar surface area (TPSA) is 119 Å². The van der Waals surface area contributed by atoms with Crippen LogP contribution in [-0.2, 0) is 36.9 Å². The highest BCUT2D eigenvalue weighted by atomic mass is 16.7. The molecule has 0 aliphatic carbocycles. The molecule has 1 aliphatic rings. The second-order valence-electron chi connectivity index (χ2n) is 7.04. The molecule has 2 aromatic carbocycles. The molecule has 0 unspecified atom stereocenters. The van der Waals surface area contributed by atoms with Crippen LogP contribution in [0.25, 0.3) is 0 Å². The Morgan fingerprint density at radius 1 is 0.900 bits per heavy atom. The van der Waals surface area contributed by atoms with Gasteiger partial charge in [-0.1, -0.05) is 60.7 Å². The van der Waals surface area contributed by atoms with Crippen molar-refractivity contribution in [2.45, 2.75) is 37.8 Å². The molecule has 30 heavy (non-hydrogen) atoms. The lowest BCUT2D eigenvalue weighted by Crippen LogP contribution is -2.51. The fraction of sp³-hybridized carbons (Fsp3) is 0.273. The lowest BCUT2D eigenvalue weighted by Gasteiger charge is -2.22. The lowest BCUT2D eigenvalue weighted by molar-refractivity contribution is -0.199. The van der Waals surface area contributed by atoms with Gasteiger partial charge in [-0.2, -0.15) is 0 Å². The van der Waals surface area contributed by atoms with Crippen LogP contribution in [0.2, 0.25) is 0 Å². The number of nitrogens with zero attached hydrogens (tertiary/aromatic N) is 1. The molecule has 0 bridgehead atoms. The van der Waals surface area contributed by atoms with Gasteiger partial charge < -0.3 is 15.9 Å². The van der Waals surface area contributed by atoms with Gasteiger partial charge in [0.15, 0.2) is 0 Å². The van der Waals surface area contributed by atoms with Gasteiger partial charge in [0.25, 0.3) is 11.8 Å². The third-order valence-corrected chi connectivity index (χ3v) is 4.71. The number of rotatable bonds is 8. The molecular formula is C22H23N3O5. The molecule has 0 radical (unpaired) electrons. The summed E-state index contributed by atoms with van der Waals surface area (Å²) >= 11 is 0. The Kier molecular flexibility index (Phi) is 6.92. The normalized spacial score (nSPS) is 15.6. The second-order valence-corrected chi connectivity index (χ2v) is 7.04. The van der Waals surface area contributed by atoms with Crippen molar-refractivity contribution in [1.29, 1.82) is 0 Å². The number of benzene rings is 2. The highest BCUT2D eigenvalue weighted by Crippen LogP contribution is 2.14. The first-order chi connectivity index (χ1) is 14.4. The van der Waals surface area contributed by atoms with Crippen molar-refractivity contribution < 1.29 is 24.0 Å². The summed E-state index contributed by atoms with van der Waals surface area (Å²) in [5, 5.41) is 3.07. The SMILES string of the molecule is N[C@@H](Cc1ccccc1)C(=O)N[C@@H](Cc1ccccc1)C(=O)ON1C(=O)CCC1=O. The maximum Gasteiger partial charge on any atom is 0.355 e. The predicted octanol–water partition coefficient (Wildman–Crippen LogP) is 0.891. The summed E-state index contributed by atoms with van der Waals surface area (Å²) in [6, 6.07) is 16.3. The first-order valence-electron chi connectivity index (χ1n) is 9.65. The van der Waals surface area contributed by atoms with Gasteiger partial charge in [0.1, 0.15) is 6.04 Å². The van der Waals surface area contributed by atoms with Crippen molar-refractivity contribution in [2.75, 3.05) is 0 Å². The first kappa shape index (κ1) is 21.2. The van der Waals surface area contributed by atoms with Gasteiger partial charge in [0.05, 0.1) is 6.04 Å². The van der Waals surface area contributed by atoms with Gasteiger partial charge >= 0.3 is 5.97 Å². The van der Waals surface area contributed by atoms with Crippen LogP contribution in [-0.4, -0.2) is 40.8 Å². The number of nitrogens with one attached hydrogen (secondary N) is 1. The molecule has 0 saturated carbocycles. The minimum absolute atomic E-state index is 0.0101. The van der Waals surface area contributed by atoms with Crippen molar-refractivity contribution in [2.24, 2.45) is 5.73 Å². The summed E-state index contributed by atoms with van der Waals surface area (Å²) < 4.78 is 0. The summed E-state index contributed by atoms with van der Waals surface area (Å²) in [4.78, 5) is 53.8. The monoisotopic (exact) mass is 409 g/mol. The van der Waals surface area contributed by atoms with Gasteiger partial charge in [0, 0.05) is 19.3 Å². The molecule has 0 aromatic heterocycles. The van der Waals surface area contributed by atoms with E-state index in [1.165, 1.54) is 0 Å². The molecular weight excluding hydrogens is 386 g/mol. The number of hydrogen-bond acceptors (Lipinski definition) is 6. The lowest BCUT2D eigenvalue weighted by atomic mass is 10.0. The first-order valence-corrected chi connectivity index (χ1v) is 9.65. The van der Waals surface area contributed by atoms with Crippen molar-refractivity contribution in [3.8, 4) is 0 Å². The Bertz CT molecular complexity index is 901. The zero-order valence-corrected chi connectivity index (χ0v) is 16.3. The molecule has 8 nitrogen and oxygen atoms in total. The quantitative estimate of drug-likeness (QED) is 0.625. The Hall–Kier alpha value is -3.52. The van der Waals surface area contributed by atoms with E-state index in [9.17, 15) is 19.2 Å². The van der Waals surface area contributed by atoms with E-state index >= 15 is 0 Å². The molecule has 8 heteroatoms. The maximum absolute atomic E-state index is 12.7. The Morgan fingerprint density at radius 2 is 1.40 bits per heavy atom. The molecule has 1 fully saturated rings. The average Bonchev–Trinajstić information content (AvgIpc) is 3.06. The number of amides is 3. The van der Waals surface area contributed by atoms with Crippen LogP contribution < -0.4 is 11.1 Å². The standard InChI is InChI=1S/C22H23N3O5/c23-17(13-15-7-3-1-4-8-15)21(28)24-18(14-16-9-5-2-6-10-16)22(29)30-25-19(26)11-12-20(25)27/h1-10,17-18H,11-14,23H2,(H,24,28)/t17-,18-/m0/s1. The van der Waals surface area contributed by atoms with Gasteiger partial charge in [0.2, 0.25) is 5.91 Å². The zero-order valence-electron chi connectivity index (χ0n) is 16.3. The molecule has 1 aliphatic heterocycles. The van der Waals surface area contributed by atoms with Crippen LogP contribution in [0.15, 0.2) is 60.7 Å². The molecule has 3 N–H and O–H groups in total. The van der Waals surface area contributed by atoms with Crippen molar-refractivity contribution >= 4 is 23.7 Å². The number of carbonyl (C=O) groups excluding carboxylic acids is 4. The zero-order chi connectivity index (χ0) is 21.5. The summed E-state index contributed by atoms with van der Waals surface area (Å²) in [6.45, 7) is 0. The largest absolute Gasteiger partial charge is 0.355 e. The fourth-order valence-electron chi connectivity index (χ4n) is 3.09. The number of hydroxylamine groups is 2. The maximum atomic E-state index is 12.7. The van der Waals surface area contributed by atoms with Crippen LogP contribution in [0.1, 0.15) is 24.0 Å². The molecule has 3 rings (SSSR count). The summed E-state index contributed by atoms with van der Waals surface area (Å²) in [7, 11) is 0. The predicted molar refractivity (Wildman–Crippen MR) is 107 cm³/mol. The third kappa shape index (κ3) is 5.51. The molecule has 1 saturated heterocycles. The highest BCUT2D eigenvalue weighted by molar-refractivity contribution is 6.02. The van der Waals surface area contributed by atoms with Crippen molar-refractivity contribution in [3.63, 3.8) is 0 Å². The van der Waals surface area contributed by atoms with Crippen molar-refractivity contribution in [1.82, 2.24) is 10.4 Å². The van der Waals surface area contributed by atoms with Crippen LogP contribution in [0.3, 0.4) is 0 Å². The van der Waals surface area contributed by atoms with E-state index in [2.05, 4.69) is 5.32 Å². The minimum atomic E-state index is -1.11. The Balaban J connectivity index is 1.70. The van der Waals surface area contributed by atoms with Crippen molar-refractivity contribution in [3.05, 3.63) is 71.8 Å². The van der Waals surface area contributed by atoms with E-state index in [1.54, 1.807) is 24.3 Å². The summed E-state index contributed by atoms with van der Waals surface area (Å²) in [6.07, 6.45) is 0.399. The number of carbonyl (C=O) groups is 4. The summed E-state index contributed by atoms with van der Waals surface area (Å²) in [5.41, 5.74) is 7.67. The van der Waals surface area contributed by atoms with E-state index < -0.39 is 35.8 Å². The van der Waals surface area contributed by atoms with Crippen LogP contribution in [0.4, 0.5) is 0 Å². The third-order valence-electron chi connectivity index (χ3n) is 4.71. The Morgan fingerprint density at radius 3 is 1.93 bits per heavy atom. The van der Waals surface area contributed by atoms with Crippen LogP contribution >= 0.6 is 0 Å². The Labute approximate surface area is 173 Å². The van der Waals surface area contributed by atoms with Gasteiger partial charge in [-0.25, -0.2) is 4.79 Å². The van der Waals surface area contributed by atoms with E-state index in [4.69, 9.17) is 10.6 Å². The number of imide groups is 1. The fourth-order valence-corrected chi connectivity index (χ4v) is 3.09. The van der Waals surface area contributed by atoms with E-state index in [0.29, 0.717) is 11.5 Å².